The molecule has 0 spiro atoms. The van der Waals surface area contributed by atoms with Crippen molar-refractivity contribution in [3.05, 3.63) is 12.2 Å². The molecule has 0 aromatic heterocycles. The molecule has 1 aliphatic heterocycles. The maximum Gasteiger partial charge on any atom is 0.503 e. The molecular weight excluding hydrogens is 250 g/mol. The Kier molecular flexibility index (Phi) is 10.2. The van der Waals surface area contributed by atoms with Gasteiger partial charge >= 0.3 is 6.16 Å². The van der Waals surface area contributed by atoms with E-state index in [2.05, 4.69) is 17.5 Å². The number of carbonyl (C=O) groups is 3. The van der Waals surface area contributed by atoms with Crippen LogP contribution < -0.4 is 5.32 Å². The second-order valence-electron chi connectivity index (χ2n) is 4.22. The first kappa shape index (κ1) is 17.2. The lowest BCUT2D eigenvalue weighted by Gasteiger charge is -2.00. The Balaban J connectivity index is 0.000000272. The maximum absolute atomic E-state index is 10.1. The zero-order valence-corrected chi connectivity index (χ0v) is 10.9. The third-order valence-corrected chi connectivity index (χ3v) is 2.52. The lowest BCUT2D eigenvalue weighted by atomic mass is 10.1. The van der Waals surface area contributed by atoms with Gasteiger partial charge in [-0.25, -0.2) is 4.79 Å². The fraction of sp³-hybridized carbons (Fsp3) is 0.615. The molecule has 1 heterocycles. The van der Waals surface area contributed by atoms with Crippen molar-refractivity contribution in [2.24, 2.45) is 0 Å². The van der Waals surface area contributed by atoms with Crippen LogP contribution in [-0.4, -0.2) is 28.2 Å². The van der Waals surface area contributed by atoms with Crippen LogP contribution in [-0.2, 0) is 9.59 Å². The van der Waals surface area contributed by atoms with Gasteiger partial charge in [-0.1, -0.05) is 25.0 Å². The van der Waals surface area contributed by atoms with E-state index in [0.717, 1.165) is 0 Å². The van der Waals surface area contributed by atoms with Crippen molar-refractivity contribution < 1.29 is 24.6 Å². The fourth-order valence-electron chi connectivity index (χ4n) is 1.62. The smallest absolute Gasteiger partial charge is 0.450 e. The van der Waals surface area contributed by atoms with Gasteiger partial charge in [0.2, 0.25) is 11.8 Å². The molecule has 0 aromatic rings. The van der Waals surface area contributed by atoms with Crippen molar-refractivity contribution in [3.63, 3.8) is 0 Å². The van der Waals surface area contributed by atoms with Crippen LogP contribution in [0.25, 0.3) is 0 Å². The highest BCUT2D eigenvalue weighted by Crippen LogP contribution is 2.09. The number of allylic oxidation sites excluding steroid dienone is 2. The molecule has 2 amide bonds. The summed E-state index contributed by atoms with van der Waals surface area (Å²) in [5.41, 5.74) is 0. The van der Waals surface area contributed by atoms with E-state index < -0.39 is 6.16 Å². The van der Waals surface area contributed by atoms with E-state index in [1.54, 1.807) is 0 Å². The normalized spacial score (nSPS) is 17.9. The Morgan fingerprint density at radius 3 is 1.53 bits per heavy atom. The van der Waals surface area contributed by atoms with E-state index in [9.17, 15) is 9.59 Å². The SMILES string of the molecule is C1=CCCCCCC1.O=C(O)O.O=C1CCC(=O)N1. The fourth-order valence-corrected chi connectivity index (χ4v) is 1.62. The minimum absolute atomic E-state index is 0.148. The molecule has 2 aliphatic rings. The predicted octanol–water partition coefficient (Wildman–Crippen LogP) is 2.54. The van der Waals surface area contributed by atoms with E-state index in [0.29, 0.717) is 12.8 Å². The number of nitrogens with one attached hydrogen (secondary N) is 1. The summed E-state index contributed by atoms with van der Waals surface area (Å²) in [5, 5.41) is 16.1. The summed E-state index contributed by atoms with van der Waals surface area (Å²) in [7, 11) is 0. The van der Waals surface area contributed by atoms with Gasteiger partial charge in [-0.2, -0.15) is 0 Å². The number of imide groups is 1. The van der Waals surface area contributed by atoms with Crippen molar-refractivity contribution in [2.75, 3.05) is 0 Å². The highest BCUT2D eigenvalue weighted by atomic mass is 16.6. The average molecular weight is 271 g/mol. The lowest BCUT2D eigenvalue weighted by Crippen LogP contribution is -2.18. The van der Waals surface area contributed by atoms with E-state index in [1.807, 2.05) is 0 Å². The summed E-state index contributed by atoms with van der Waals surface area (Å²) in [4.78, 5) is 28.8. The zero-order valence-electron chi connectivity index (χ0n) is 10.9. The molecule has 1 aliphatic carbocycles. The molecular formula is C13H21NO5. The van der Waals surface area contributed by atoms with Gasteiger partial charge < -0.3 is 10.2 Å². The molecule has 0 saturated carbocycles. The van der Waals surface area contributed by atoms with Crippen molar-refractivity contribution >= 4 is 18.0 Å². The maximum atomic E-state index is 10.1. The van der Waals surface area contributed by atoms with Gasteiger partial charge in [0.05, 0.1) is 0 Å². The number of amides is 2. The average Bonchev–Trinajstić information content (AvgIpc) is 2.61. The standard InChI is InChI=1S/C8H14.C4H5NO2.CH2O3/c1-2-4-6-8-7-5-3-1;6-3-1-2-4(7)5-3;2-1(3)4/h1-2H,3-8H2;1-2H2,(H,5,6,7);(H2,2,3,4). The van der Waals surface area contributed by atoms with Crippen LogP contribution in [0.3, 0.4) is 0 Å². The molecule has 6 heteroatoms. The van der Waals surface area contributed by atoms with Crippen molar-refractivity contribution in [2.45, 2.75) is 51.4 Å². The van der Waals surface area contributed by atoms with Crippen LogP contribution in [0.15, 0.2) is 12.2 Å². The van der Waals surface area contributed by atoms with Crippen LogP contribution in [0.1, 0.15) is 51.4 Å². The summed E-state index contributed by atoms with van der Waals surface area (Å²) in [6, 6.07) is 0. The molecule has 19 heavy (non-hydrogen) atoms. The van der Waals surface area contributed by atoms with Gasteiger partial charge in [-0.15, -0.1) is 0 Å². The Bertz CT molecular complexity index is 297. The van der Waals surface area contributed by atoms with Crippen LogP contribution in [0.4, 0.5) is 4.79 Å². The van der Waals surface area contributed by atoms with E-state index >= 15 is 0 Å². The molecule has 108 valence electrons. The van der Waals surface area contributed by atoms with Crippen LogP contribution in [0.5, 0.6) is 0 Å². The lowest BCUT2D eigenvalue weighted by molar-refractivity contribution is -0.124. The van der Waals surface area contributed by atoms with Gasteiger partial charge in [0.25, 0.3) is 0 Å². The minimum Gasteiger partial charge on any atom is -0.450 e. The molecule has 0 atom stereocenters. The first-order valence-corrected chi connectivity index (χ1v) is 6.42. The van der Waals surface area contributed by atoms with Gasteiger partial charge in [0.15, 0.2) is 0 Å². The summed E-state index contributed by atoms with van der Waals surface area (Å²) in [5.74, 6) is -0.296. The summed E-state index contributed by atoms with van der Waals surface area (Å²) in [6.45, 7) is 0. The highest BCUT2D eigenvalue weighted by Gasteiger charge is 2.15. The molecule has 0 aromatic carbocycles. The number of carbonyl (C=O) groups excluding carboxylic acids is 2. The third kappa shape index (κ3) is 14.1. The molecule has 0 unspecified atom stereocenters. The number of rotatable bonds is 0. The largest absolute Gasteiger partial charge is 0.503 e. The zero-order chi connectivity index (χ0) is 14.5. The Hall–Kier alpha value is -1.85. The van der Waals surface area contributed by atoms with Gasteiger partial charge in [-0.05, 0) is 25.7 Å². The predicted molar refractivity (Wildman–Crippen MR) is 69.9 cm³/mol. The molecule has 0 bridgehead atoms. The van der Waals surface area contributed by atoms with E-state index in [4.69, 9.17) is 15.0 Å². The minimum atomic E-state index is -1.83. The second-order valence-corrected chi connectivity index (χ2v) is 4.22. The molecule has 1 fully saturated rings. The summed E-state index contributed by atoms with van der Waals surface area (Å²) >= 11 is 0. The molecule has 6 nitrogen and oxygen atoms in total. The molecule has 1 saturated heterocycles. The van der Waals surface area contributed by atoms with Crippen molar-refractivity contribution in [1.29, 1.82) is 0 Å². The topological polar surface area (TPSA) is 104 Å². The Labute approximate surface area is 112 Å². The quantitative estimate of drug-likeness (QED) is 0.464. The highest BCUT2D eigenvalue weighted by molar-refractivity contribution is 6.01. The van der Waals surface area contributed by atoms with Gasteiger partial charge in [-0.3, -0.25) is 14.9 Å². The monoisotopic (exact) mass is 271 g/mol. The first-order valence-electron chi connectivity index (χ1n) is 6.42. The molecule has 3 N–H and O–H groups in total. The van der Waals surface area contributed by atoms with E-state index in [1.165, 1.54) is 38.5 Å². The first-order chi connectivity index (χ1) is 9.02. The van der Waals surface area contributed by atoms with Crippen molar-refractivity contribution in [3.8, 4) is 0 Å². The van der Waals surface area contributed by atoms with Gasteiger partial charge in [0.1, 0.15) is 0 Å². The second kappa shape index (κ2) is 11.3. The summed E-state index contributed by atoms with van der Waals surface area (Å²) < 4.78 is 0. The number of carboxylic acid groups (broad SMARTS) is 2. The van der Waals surface area contributed by atoms with Crippen LogP contribution in [0.2, 0.25) is 0 Å². The van der Waals surface area contributed by atoms with Gasteiger partial charge in [0, 0.05) is 12.8 Å². The summed E-state index contributed by atoms with van der Waals surface area (Å²) in [6.07, 6.45) is 11.9. The Morgan fingerprint density at radius 2 is 1.26 bits per heavy atom. The van der Waals surface area contributed by atoms with Crippen molar-refractivity contribution in [1.82, 2.24) is 5.32 Å². The number of hydrogen-bond donors (Lipinski definition) is 3. The number of hydrogen-bond acceptors (Lipinski definition) is 3. The Morgan fingerprint density at radius 1 is 0.895 bits per heavy atom. The molecule has 0 radical (unpaired) electrons. The third-order valence-electron chi connectivity index (χ3n) is 2.52. The van der Waals surface area contributed by atoms with Crippen LogP contribution >= 0.6 is 0 Å². The van der Waals surface area contributed by atoms with Crippen LogP contribution in [0, 0.1) is 0 Å². The van der Waals surface area contributed by atoms with E-state index in [-0.39, 0.29) is 11.8 Å². The molecule has 2 rings (SSSR count).